The monoisotopic (exact) mass is 591 g/mol. The molecule has 2 aromatic heterocycles. The van der Waals surface area contributed by atoms with Gasteiger partial charge in [-0.3, -0.25) is 4.68 Å². The molecule has 0 spiro atoms. The second-order valence-corrected chi connectivity index (χ2v) is 10.9. The molecule has 0 bridgehead atoms. The number of nitrogens with zero attached hydrogens (tertiary/aromatic N) is 7. The molecule has 2 amide bonds. The summed E-state index contributed by atoms with van der Waals surface area (Å²) in [6.45, 7) is 6.65. The molecule has 13 heteroatoms. The zero-order valence-corrected chi connectivity index (χ0v) is 24.3. The molecular formula is C30H35F2N9O2. The highest BCUT2D eigenvalue weighted by molar-refractivity contribution is 5.76. The average molecular weight is 592 g/mol. The van der Waals surface area contributed by atoms with E-state index in [1.54, 1.807) is 4.90 Å². The van der Waals surface area contributed by atoms with E-state index in [0.29, 0.717) is 55.5 Å². The van der Waals surface area contributed by atoms with Crippen LogP contribution in [0.15, 0.2) is 24.4 Å². The summed E-state index contributed by atoms with van der Waals surface area (Å²) >= 11 is 0. The van der Waals surface area contributed by atoms with Gasteiger partial charge < -0.3 is 25.3 Å². The predicted octanol–water partition coefficient (Wildman–Crippen LogP) is 4.29. The minimum atomic E-state index is -0.661. The summed E-state index contributed by atoms with van der Waals surface area (Å²) in [5, 5.41) is 24.2. The molecule has 3 aromatic rings. The van der Waals surface area contributed by atoms with E-state index in [1.165, 1.54) is 18.3 Å². The van der Waals surface area contributed by atoms with Gasteiger partial charge in [0.1, 0.15) is 11.5 Å². The minimum absolute atomic E-state index is 0.0863. The normalized spacial score (nSPS) is 17.8. The first-order chi connectivity index (χ1) is 20.8. The van der Waals surface area contributed by atoms with Crippen LogP contribution in [0.25, 0.3) is 11.3 Å². The van der Waals surface area contributed by atoms with Crippen LogP contribution < -0.4 is 10.2 Å². The Balaban J connectivity index is 1.26. The molecule has 2 aliphatic rings. The van der Waals surface area contributed by atoms with E-state index < -0.39 is 17.7 Å². The van der Waals surface area contributed by atoms with Crippen LogP contribution in [0.5, 0.6) is 0 Å². The number of ether oxygens (including phenoxy) is 1. The largest absolute Gasteiger partial charge is 0.376 e. The number of aryl methyl sites for hydroxylation is 1. The van der Waals surface area contributed by atoms with Crippen LogP contribution >= 0.6 is 0 Å². The average Bonchev–Trinajstić information content (AvgIpc) is 3.29. The molecule has 2 saturated heterocycles. The zero-order valence-electron chi connectivity index (χ0n) is 24.3. The van der Waals surface area contributed by atoms with Gasteiger partial charge in [0.2, 0.25) is 5.95 Å². The fourth-order valence-corrected chi connectivity index (χ4v) is 5.67. The smallest absolute Gasteiger partial charge is 0.318 e. The lowest BCUT2D eigenvalue weighted by atomic mass is 10.0. The summed E-state index contributed by atoms with van der Waals surface area (Å²) < 4.78 is 36.9. The molecule has 2 fully saturated rings. The second kappa shape index (κ2) is 13.2. The van der Waals surface area contributed by atoms with Gasteiger partial charge in [-0.05, 0) is 63.1 Å². The van der Waals surface area contributed by atoms with Gasteiger partial charge in [-0.2, -0.15) is 10.4 Å². The van der Waals surface area contributed by atoms with Gasteiger partial charge >= 0.3 is 6.03 Å². The summed E-state index contributed by atoms with van der Waals surface area (Å²) in [7, 11) is 0. The van der Waals surface area contributed by atoms with Crippen LogP contribution in [0.4, 0.5) is 19.5 Å². The third-order valence-corrected chi connectivity index (χ3v) is 7.95. The fourth-order valence-electron chi connectivity index (χ4n) is 5.67. The summed E-state index contributed by atoms with van der Waals surface area (Å²) in [6.07, 6.45) is 5.71. The number of urea groups is 1. The lowest BCUT2D eigenvalue weighted by Crippen LogP contribution is -2.52. The first kappa shape index (κ1) is 30.0. The standard InChI is InChI=1S/C30H35F2N9O2/c1-19-27(20(2)41(38-19)18-24-5-3-4-12-43-24)28-25(32)17-35-29(37-28)39-8-10-40(11-9-39)30(42)36-26(6-7-33)22-13-21(16-34)14-23(31)15-22/h7,13-15,17,24,26,33H,3-6,8-12,18H2,1-2H3,(H,36,42)/t24?,26-/m0/s1. The molecule has 5 rings (SSSR count). The van der Waals surface area contributed by atoms with Crippen molar-refractivity contribution >= 4 is 18.2 Å². The van der Waals surface area contributed by atoms with Crippen LogP contribution in [0.1, 0.15) is 54.2 Å². The third kappa shape index (κ3) is 6.80. The number of aromatic nitrogens is 4. The maximum Gasteiger partial charge on any atom is 0.318 e. The number of hydrogen-bond acceptors (Lipinski definition) is 8. The maximum absolute atomic E-state index is 15.1. The summed E-state index contributed by atoms with van der Waals surface area (Å²) in [4.78, 5) is 25.5. The highest BCUT2D eigenvalue weighted by Crippen LogP contribution is 2.30. The summed E-state index contributed by atoms with van der Waals surface area (Å²) in [5.74, 6) is -0.749. The minimum Gasteiger partial charge on any atom is -0.376 e. The van der Waals surface area contributed by atoms with Gasteiger partial charge in [-0.1, -0.05) is 0 Å². The molecule has 1 aromatic carbocycles. The van der Waals surface area contributed by atoms with Crippen LogP contribution in [0.3, 0.4) is 0 Å². The van der Waals surface area contributed by atoms with Crippen molar-refractivity contribution in [2.75, 3.05) is 37.7 Å². The summed E-state index contributed by atoms with van der Waals surface area (Å²) in [5.41, 5.74) is 2.89. The first-order valence-corrected chi connectivity index (χ1v) is 14.5. The Hall–Kier alpha value is -4.44. The van der Waals surface area contributed by atoms with E-state index >= 15 is 4.39 Å². The number of nitriles is 1. The van der Waals surface area contributed by atoms with Crippen molar-refractivity contribution in [2.24, 2.45) is 0 Å². The van der Waals surface area contributed by atoms with Crippen LogP contribution in [0, 0.1) is 42.2 Å². The number of nitrogens with one attached hydrogen (secondary N) is 2. The van der Waals surface area contributed by atoms with E-state index in [4.69, 9.17) is 10.1 Å². The number of halogens is 2. The number of benzene rings is 1. The van der Waals surface area contributed by atoms with E-state index in [0.717, 1.165) is 43.8 Å². The highest BCUT2D eigenvalue weighted by atomic mass is 19.1. The maximum atomic E-state index is 15.1. The zero-order chi connectivity index (χ0) is 30.5. The highest BCUT2D eigenvalue weighted by Gasteiger charge is 2.27. The Morgan fingerprint density at radius 2 is 2.02 bits per heavy atom. The topological polar surface area (TPSA) is 136 Å². The van der Waals surface area contributed by atoms with Crippen molar-refractivity contribution in [3.05, 3.63) is 58.5 Å². The molecule has 0 aliphatic carbocycles. The molecule has 4 heterocycles. The van der Waals surface area contributed by atoms with Crippen molar-refractivity contribution in [2.45, 2.75) is 58.2 Å². The number of carbonyl (C=O) groups excluding carboxylic acids is 1. The molecule has 43 heavy (non-hydrogen) atoms. The molecule has 1 unspecified atom stereocenters. The SMILES string of the molecule is Cc1nn(CC2CCCCO2)c(C)c1-c1nc(N2CCN(C(=O)N[C@@H](CC=N)c3cc(F)cc(C#N)c3)CC2)ncc1F. The lowest BCUT2D eigenvalue weighted by molar-refractivity contribution is 0.00362. The van der Waals surface area contributed by atoms with Gasteiger partial charge in [0.05, 0.1) is 42.2 Å². The fraction of sp³-hybridized carbons (Fsp3) is 0.467. The number of anilines is 1. The van der Waals surface area contributed by atoms with Gasteiger partial charge in [0.15, 0.2) is 5.82 Å². The van der Waals surface area contributed by atoms with Crippen LogP contribution in [-0.4, -0.2) is 75.8 Å². The molecule has 0 radical (unpaired) electrons. The molecule has 226 valence electrons. The number of amides is 2. The van der Waals surface area contributed by atoms with Crippen molar-refractivity contribution in [1.82, 2.24) is 30.0 Å². The van der Waals surface area contributed by atoms with Crippen molar-refractivity contribution < 1.29 is 18.3 Å². The van der Waals surface area contributed by atoms with E-state index in [1.807, 2.05) is 29.5 Å². The number of carbonyl (C=O) groups is 1. The quantitative estimate of drug-likeness (QED) is 0.373. The lowest BCUT2D eigenvalue weighted by Gasteiger charge is -2.35. The number of rotatable bonds is 8. The number of piperazine rings is 1. The molecule has 0 saturated carbocycles. The predicted molar refractivity (Wildman–Crippen MR) is 156 cm³/mol. The van der Waals surface area contributed by atoms with Crippen molar-refractivity contribution in [1.29, 1.82) is 10.7 Å². The molecular weight excluding hydrogens is 556 g/mol. The van der Waals surface area contributed by atoms with Gasteiger partial charge in [0.25, 0.3) is 0 Å². The molecule has 11 nitrogen and oxygen atoms in total. The van der Waals surface area contributed by atoms with Crippen molar-refractivity contribution in [3.63, 3.8) is 0 Å². The van der Waals surface area contributed by atoms with Gasteiger partial charge in [0, 0.05) is 50.5 Å². The van der Waals surface area contributed by atoms with Gasteiger partial charge in [-0.25, -0.2) is 23.5 Å². The van der Waals surface area contributed by atoms with Crippen LogP contribution in [-0.2, 0) is 11.3 Å². The van der Waals surface area contributed by atoms with Crippen LogP contribution in [0.2, 0.25) is 0 Å². The Kier molecular flexibility index (Phi) is 9.25. The molecule has 2 aliphatic heterocycles. The summed E-state index contributed by atoms with van der Waals surface area (Å²) in [6, 6.07) is 4.78. The van der Waals surface area contributed by atoms with E-state index in [-0.39, 0.29) is 29.8 Å². The van der Waals surface area contributed by atoms with Gasteiger partial charge in [-0.15, -0.1) is 0 Å². The first-order valence-electron chi connectivity index (χ1n) is 14.5. The van der Waals surface area contributed by atoms with E-state index in [9.17, 15) is 14.4 Å². The Bertz CT molecular complexity index is 1520. The Morgan fingerprint density at radius 1 is 1.23 bits per heavy atom. The number of hydrogen-bond donors (Lipinski definition) is 2. The van der Waals surface area contributed by atoms with Crippen molar-refractivity contribution in [3.8, 4) is 17.3 Å². The Labute approximate surface area is 249 Å². The Morgan fingerprint density at radius 3 is 2.72 bits per heavy atom. The third-order valence-electron chi connectivity index (χ3n) is 7.95. The molecule has 2 atom stereocenters. The van der Waals surface area contributed by atoms with E-state index in [2.05, 4.69) is 20.4 Å². The molecule has 2 N–H and O–H groups in total. The second-order valence-electron chi connectivity index (χ2n) is 10.9.